The third kappa shape index (κ3) is 5.89. The SMILES string of the molecule is CSc1ncc(C(=O)OCC(=O)NNC(=O)Cc2nc(C)cs2)n1-c1ccc(F)cc1. The first-order valence-corrected chi connectivity index (χ1v) is 11.0. The van der Waals surface area contributed by atoms with Gasteiger partial charge in [-0.05, 0) is 37.4 Å². The summed E-state index contributed by atoms with van der Waals surface area (Å²) < 4.78 is 19.8. The number of carbonyl (C=O) groups is 3. The van der Waals surface area contributed by atoms with Gasteiger partial charge in [-0.25, -0.2) is 19.2 Å². The molecule has 31 heavy (non-hydrogen) atoms. The number of thioether (sulfide) groups is 1. The minimum absolute atomic E-state index is 0.0207. The second kappa shape index (κ2) is 10.2. The predicted molar refractivity (Wildman–Crippen MR) is 112 cm³/mol. The van der Waals surface area contributed by atoms with Gasteiger partial charge in [0.1, 0.15) is 10.8 Å². The van der Waals surface area contributed by atoms with Crippen molar-refractivity contribution in [1.29, 1.82) is 0 Å². The Kier molecular flexibility index (Phi) is 7.36. The molecule has 0 fully saturated rings. The fraction of sp³-hybridized carbons (Fsp3) is 0.211. The molecule has 0 aliphatic heterocycles. The molecule has 2 N–H and O–H groups in total. The van der Waals surface area contributed by atoms with Crippen molar-refractivity contribution in [3.8, 4) is 5.69 Å². The highest BCUT2D eigenvalue weighted by molar-refractivity contribution is 7.98. The molecule has 2 amide bonds. The highest BCUT2D eigenvalue weighted by atomic mass is 32.2. The molecule has 0 saturated carbocycles. The van der Waals surface area contributed by atoms with Crippen LogP contribution in [0.25, 0.3) is 5.69 Å². The zero-order valence-corrected chi connectivity index (χ0v) is 18.2. The summed E-state index contributed by atoms with van der Waals surface area (Å²) in [5.74, 6) is -2.37. The van der Waals surface area contributed by atoms with Gasteiger partial charge in [-0.3, -0.25) is 25.0 Å². The van der Waals surface area contributed by atoms with Crippen molar-refractivity contribution in [1.82, 2.24) is 25.4 Å². The summed E-state index contributed by atoms with van der Waals surface area (Å²) in [5.41, 5.74) is 5.83. The van der Waals surface area contributed by atoms with E-state index in [1.807, 2.05) is 12.3 Å². The van der Waals surface area contributed by atoms with E-state index in [0.717, 1.165) is 5.69 Å². The molecule has 0 radical (unpaired) electrons. The standard InChI is InChI=1S/C19H18FN5O4S2/c1-11-10-31-17(22-11)7-15(26)23-24-16(27)9-29-18(28)14-8-21-19(30-2)25(14)13-5-3-12(20)4-6-13/h3-6,8,10H,7,9H2,1-2H3,(H,23,26)(H,24,27). The van der Waals surface area contributed by atoms with Gasteiger partial charge in [0.2, 0.25) is 5.91 Å². The number of hydrazine groups is 1. The number of amides is 2. The Bertz CT molecular complexity index is 1100. The molecule has 2 heterocycles. The molecule has 1 aromatic carbocycles. The number of hydrogen-bond acceptors (Lipinski definition) is 8. The molecule has 12 heteroatoms. The number of nitrogens with one attached hydrogen (secondary N) is 2. The molecular formula is C19H18FN5O4S2. The smallest absolute Gasteiger partial charge is 0.357 e. The Morgan fingerprint density at radius 2 is 1.90 bits per heavy atom. The lowest BCUT2D eigenvalue weighted by Crippen LogP contribution is -2.44. The molecule has 162 valence electrons. The third-order valence-electron chi connectivity index (χ3n) is 3.86. The van der Waals surface area contributed by atoms with Gasteiger partial charge in [0.15, 0.2) is 17.5 Å². The molecule has 2 aromatic heterocycles. The van der Waals surface area contributed by atoms with Crippen molar-refractivity contribution < 1.29 is 23.5 Å². The number of aromatic nitrogens is 3. The number of hydrogen-bond donors (Lipinski definition) is 2. The number of thiazole rings is 1. The van der Waals surface area contributed by atoms with Gasteiger partial charge in [0, 0.05) is 16.8 Å². The van der Waals surface area contributed by atoms with E-state index in [1.54, 1.807) is 6.26 Å². The summed E-state index contributed by atoms with van der Waals surface area (Å²) in [4.78, 5) is 44.5. The highest BCUT2D eigenvalue weighted by Crippen LogP contribution is 2.22. The molecule has 0 bridgehead atoms. The Hall–Kier alpha value is -3.25. The number of ether oxygens (including phenoxy) is 1. The first-order valence-electron chi connectivity index (χ1n) is 8.91. The Balaban J connectivity index is 1.55. The summed E-state index contributed by atoms with van der Waals surface area (Å²) in [6.45, 7) is 1.21. The number of rotatable bonds is 7. The van der Waals surface area contributed by atoms with E-state index in [1.165, 1.54) is 58.1 Å². The van der Waals surface area contributed by atoms with Crippen LogP contribution in [0.1, 0.15) is 21.2 Å². The van der Waals surface area contributed by atoms with E-state index >= 15 is 0 Å². The van der Waals surface area contributed by atoms with Gasteiger partial charge in [0.25, 0.3) is 5.91 Å². The molecular weight excluding hydrogens is 445 g/mol. The number of halogens is 1. The van der Waals surface area contributed by atoms with Crippen molar-refractivity contribution in [2.45, 2.75) is 18.5 Å². The van der Waals surface area contributed by atoms with Crippen LogP contribution < -0.4 is 10.9 Å². The fourth-order valence-electron chi connectivity index (χ4n) is 2.51. The monoisotopic (exact) mass is 463 g/mol. The molecule has 0 atom stereocenters. The van der Waals surface area contributed by atoms with E-state index in [4.69, 9.17) is 4.74 Å². The van der Waals surface area contributed by atoms with Crippen molar-refractivity contribution >= 4 is 40.9 Å². The van der Waals surface area contributed by atoms with Gasteiger partial charge < -0.3 is 4.74 Å². The van der Waals surface area contributed by atoms with E-state index < -0.39 is 30.2 Å². The van der Waals surface area contributed by atoms with Crippen molar-refractivity contribution in [3.05, 3.63) is 58.1 Å². The lowest BCUT2D eigenvalue weighted by molar-refractivity contribution is -0.130. The first-order chi connectivity index (χ1) is 14.9. The summed E-state index contributed by atoms with van der Waals surface area (Å²) >= 11 is 2.63. The number of nitrogens with zero attached hydrogens (tertiary/aromatic N) is 3. The Morgan fingerprint density at radius 3 is 2.55 bits per heavy atom. The van der Waals surface area contributed by atoms with E-state index in [9.17, 15) is 18.8 Å². The van der Waals surface area contributed by atoms with Gasteiger partial charge in [-0.1, -0.05) is 11.8 Å². The van der Waals surface area contributed by atoms with Crippen molar-refractivity contribution in [2.75, 3.05) is 12.9 Å². The Labute approximate surface area is 185 Å². The largest absolute Gasteiger partial charge is 0.451 e. The average molecular weight is 464 g/mol. The maximum atomic E-state index is 13.2. The van der Waals surface area contributed by atoms with Crippen LogP contribution >= 0.6 is 23.1 Å². The number of benzene rings is 1. The molecule has 0 unspecified atom stereocenters. The minimum Gasteiger partial charge on any atom is -0.451 e. The van der Waals surface area contributed by atoms with Crippen LogP contribution in [0.5, 0.6) is 0 Å². The number of aryl methyl sites for hydroxylation is 1. The summed E-state index contributed by atoms with van der Waals surface area (Å²) in [7, 11) is 0. The minimum atomic E-state index is -0.795. The zero-order chi connectivity index (χ0) is 22.4. The maximum absolute atomic E-state index is 13.2. The van der Waals surface area contributed by atoms with E-state index in [-0.39, 0.29) is 12.1 Å². The molecule has 0 aliphatic carbocycles. The molecule has 0 saturated heterocycles. The first kappa shape index (κ1) is 22.4. The van der Waals surface area contributed by atoms with Crippen LogP contribution in [0.15, 0.2) is 41.0 Å². The van der Waals surface area contributed by atoms with Gasteiger partial charge in [-0.2, -0.15) is 0 Å². The van der Waals surface area contributed by atoms with Crippen LogP contribution in [0.4, 0.5) is 4.39 Å². The topological polar surface area (TPSA) is 115 Å². The van der Waals surface area contributed by atoms with Crippen LogP contribution in [0.2, 0.25) is 0 Å². The maximum Gasteiger partial charge on any atom is 0.357 e. The van der Waals surface area contributed by atoms with E-state index in [0.29, 0.717) is 15.9 Å². The number of imidazole rings is 1. The summed E-state index contributed by atoms with van der Waals surface area (Å²) in [6, 6.07) is 5.52. The lowest BCUT2D eigenvalue weighted by Gasteiger charge is -2.11. The van der Waals surface area contributed by atoms with E-state index in [2.05, 4.69) is 20.8 Å². The van der Waals surface area contributed by atoms with Crippen molar-refractivity contribution in [2.24, 2.45) is 0 Å². The lowest BCUT2D eigenvalue weighted by atomic mass is 10.3. The summed E-state index contributed by atoms with van der Waals surface area (Å²) in [5, 5.41) is 2.93. The molecule has 0 spiro atoms. The second-order valence-electron chi connectivity index (χ2n) is 6.17. The van der Waals surface area contributed by atoms with Crippen LogP contribution in [-0.4, -0.2) is 45.2 Å². The molecule has 3 aromatic rings. The van der Waals surface area contributed by atoms with Crippen LogP contribution in [-0.2, 0) is 20.7 Å². The van der Waals surface area contributed by atoms with Crippen LogP contribution in [0.3, 0.4) is 0 Å². The fourth-order valence-corrected chi connectivity index (χ4v) is 3.82. The highest BCUT2D eigenvalue weighted by Gasteiger charge is 2.20. The van der Waals surface area contributed by atoms with Gasteiger partial charge in [-0.15, -0.1) is 11.3 Å². The molecule has 0 aliphatic rings. The van der Waals surface area contributed by atoms with Crippen LogP contribution in [0, 0.1) is 12.7 Å². The van der Waals surface area contributed by atoms with Crippen molar-refractivity contribution in [3.63, 3.8) is 0 Å². The Morgan fingerprint density at radius 1 is 1.19 bits per heavy atom. The molecule has 3 rings (SSSR count). The second-order valence-corrected chi connectivity index (χ2v) is 7.89. The molecule has 9 nitrogen and oxygen atoms in total. The van der Waals surface area contributed by atoms with Gasteiger partial charge in [0.05, 0.1) is 12.6 Å². The normalized spacial score (nSPS) is 10.5. The zero-order valence-electron chi connectivity index (χ0n) is 16.5. The quantitative estimate of drug-likeness (QED) is 0.313. The summed E-state index contributed by atoms with van der Waals surface area (Å²) in [6.07, 6.45) is 3.11. The number of carbonyl (C=O) groups excluding carboxylic acids is 3. The number of esters is 1. The predicted octanol–water partition coefficient (Wildman–Crippen LogP) is 2.05. The average Bonchev–Trinajstić information content (AvgIpc) is 3.37. The third-order valence-corrected chi connectivity index (χ3v) is 5.48. The van der Waals surface area contributed by atoms with Gasteiger partial charge >= 0.3 is 5.97 Å².